The highest BCUT2D eigenvalue weighted by Gasteiger charge is 2.11. The Morgan fingerprint density at radius 2 is 0.826 bits per heavy atom. The van der Waals surface area contributed by atoms with E-state index in [2.05, 4.69) is 72.8 Å². The highest BCUT2D eigenvalue weighted by Crippen LogP contribution is 2.39. The molecule has 5 aromatic carbocycles. The second-order valence-electron chi connectivity index (χ2n) is 5.73. The summed E-state index contributed by atoms with van der Waals surface area (Å²) < 4.78 is 0. The maximum atomic E-state index is 7.57. The summed E-state index contributed by atoms with van der Waals surface area (Å²) in [6.45, 7) is 1.93. The molecule has 0 aliphatic heterocycles. The summed E-state index contributed by atoms with van der Waals surface area (Å²) in [5.41, 5.74) is 0. The second-order valence-corrected chi connectivity index (χ2v) is 5.73. The summed E-state index contributed by atoms with van der Waals surface area (Å²) in [5, 5.41) is 18.5. The number of hydrogen-bond acceptors (Lipinski definition) is 1. The number of rotatable bonds is 0. The fourth-order valence-corrected chi connectivity index (χ4v) is 3.58. The third-order valence-electron chi connectivity index (χ3n) is 4.39. The van der Waals surface area contributed by atoms with Gasteiger partial charge in [0.05, 0.1) is 0 Å². The summed E-state index contributed by atoms with van der Waals surface area (Å²) in [5.74, 6) is 0. The molecule has 5 aromatic rings. The SMILES string of the molecule is CCO.c1cc2cccc3c4cccc5cccc(c(c1)c23)c54. The van der Waals surface area contributed by atoms with Gasteiger partial charge < -0.3 is 5.11 Å². The Bertz CT molecular complexity index is 939. The van der Waals surface area contributed by atoms with Crippen LogP contribution in [0.15, 0.2) is 72.8 Å². The average Bonchev–Trinajstić information content (AvgIpc) is 2.60. The smallest absolute Gasteiger partial charge is 0.0402 e. The molecule has 23 heavy (non-hydrogen) atoms. The Balaban J connectivity index is 0.000000421. The van der Waals surface area contributed by atoms with E-state index in [4.69, 9.17) is 5.11 Å². The van der Waals surface area contributed by atoms with Crippen LogP contribution in [0.4, 0.5) is 0 Å². The molecule has 1 heteroatoms. The molecule has 0 unspecified atom stereocenters. The van der Waals surface area contributed by atoms with Gasteiger partial charge in [-0.1, -0.05) is 72.8 Å². The third-order valence-corrected chi connectivity index (χ3v) is 4.39. The molecule has 0 atom stereocenters. The second kappa shape index (κ2) is 5.53. The van der Waals surface area contributed by atoms with Crippen molar-refractivity contribution < 1.29 is 5.11 Å². The van der Waals surface area contributed by atoms with Crippen molar-refractivity contribution >= 4 is 43.1 Å². The molecular weight excluding hydrogens is 280 g/mol. The van der Waals surface area contributed by atoms with Crippen LogP contribution in [-0.2, 0) is 0 Å². The Hall–Kier alpha value is -2.64. The first-order chi connectivity index (χ1) is 11.3. The molecule has 0 saturated carbocycles. The molecule has 0 aliphatic rings. The van der Waals surface area contributed by atoms with Crippen molar-refractivity contribution in [1.82, 2.24) is 0 Å². The van der Waals surface area contributed by atoms with Crippen LogP contribution < -0.4 is 0 Å². The van der Waals surface area contributed by atoms with Gasteiger partial charge in [-0.3, -0.25) is 0 Å². The first kappa shape index (κ1) is 14.0. The zero-order chi connectivity index (χ0) is 15.8. The van der Waals surface area contributed by atoms with E-state index in [9.17, 15) is 0 Å². The fraction of sp³-hybridized carbons (Fsp3) is 0.0909. The minimum Gasteiger partial charge on any atom is -0.397 e. The molecule has 0 amide bonds. The summed E-state index contributed by atoms with van der Waals surface area (Å²) in [7, 11) is 0. The van der Waals surface area contributed by atoms with Crippen LogP contribution >= 0.6 is 0 Å². The maximum Gasteiger partial charge on any atom is 0.0402 e. The summed E-state index contributed by atoms with van der Waals surface area (Å²) in [6.07, 6.45) is 0. The molecule has 0 saturated heterocycles. The first-order valence-electron chi connectivity index (χ1n) is 8.00. The van der Waals surface area contributed by atoms with E-state index in [-0.39, 0.29) is 6.61 Å². The van der Waals surface area contributed by atoms with Gasteiger partial charge in [-0.05, 0) is 50.0 Å². The van der Waals surface area contributed by atoms with Gasteiger partial charge in [0.1, 0.15) is 0 Å². The van der Waals surface area contributed by atoms with Crippen LogP contribution in [0.1, 0.15) is 6.92 Å². The topological polar surface area (TPSA) is 20.2 Å². The van der Waals surface area contributed by atoms with Crippen LogP contribution in [0.2, 0.25) is 0 Å². The van der Waals surface area contributed by atoms with Crippen molar-refractivity contribution in [1.29, 1.82) is 0 Å². The zero-order valence-corrected chi connectivity index (χ0v) is 13.1. The van der Waals surface area contributed by atoms with Gasteiger partial charge in [-0.25, -0.2) is 0 Å². The summed E-state index contributed by atoms with van der Waals surface area (Å²) in [6, 6.07) is 26.4. The molecule has 0 aromatic heterocycles. The van der Waals surface area contributed by atoms with Crippen LogP contribution in [0, 0.1) is 0 Å². The van der Waals surface area contributed by atoms with Gasteiger partial charge >= 0.3 is 0 Å². The van der Waals surface area contributed by atoms with Crippen LogP contribution in [0.3, 0.4) is 0 Å². The molecular formula is C22H18O. The lowest BCUT2D eigenvalue weighted by molar-refractivity contribution is 0.318. The van der Waals surface area contributed by atoms with Crippen molar-refractivity contribution in [2.24, 2.45) is 0 Å². The maximum absolute atomic E-state index is 7.57. The normalized spacial score (nSPS) is 11.2. The molecule has 1 N–H and O–H groups in total. The lowest BCUT2D eigenvalue weighted by atomic mass is 9.90. The molecule has 0 radical (unpaired) electrons. The number of hydrogen-bond donors (Lipinski definition) is 1. The Kier molecular flexibility index (Phi) is 3.36. The quantitative estimate of drug-likeness (QED) is 0.286. The van der Waals surface area contributed by atoms with Crippen molar-refractivity contribution in [2.75, 3.05) is 6.61 Å². The summed E-state index contributed by atoms with van der Waals surface area (Å²) >= 11 is 0. The minimum atomic E-state index is 0.250. The van der Waals surface area contributed by atoms with Crippen LogP contribution in [0.5, 0.6) is 0 Å². The summed E-state index contributed by atoms with van der Waals surface area (Å²) in [4.78, 5) is 0. The lowest BCUT2D eigenvalue weighted by Gasteiger charge is -2.13. The van der Waals surface area contributed by atoms with Gasteiger partial charge in [0.25, 0.3) is 0 Å². The van der Waals surface area contributed by atoms with E-state index < -0.39 is 0 Å². The van der Waals surface area contributed by atoms with Crippen LogP contribution in [0.25, 0.3) is 43.1 Å². The average molecular weight is 298 g/mol. The Morgan fingerprint density at radius 3 is 1.09 bits per heavy atom. The van der Waals surface area contributed by atoms with Crippen molar-refractivity contribution in [2.45, 2.75) is 6.92 Å². The predicted molar refractivity (Wildman–Crippen MR) is 100 cm³/mol. The van der Waals surface area contributed by atoms with Gasteiger partial charge in [-0.15, -0.1) is 0 Å². The standard InChI is InChI=1S/C20H12.C2H6O/c1-5-13-6-2-11-17-18-12-4-8-14-7-3-10-16(20(14)18)15(9-1)19(13)17;1-2-3/h1-12H;3H,2H2,1H3. The molecule has 0 aliphatic carbocycles. The van der Waals surface area contributed by atoms with Crippen LogP contribution in [-0.4, -0.2) is 11.7 Å². The van der Waals surface area contributed by atoms with E-state index in [0.29, 0.717) is 0 Å². The van der Waals surface area contributed by atoms with Crippen molar-refractivity contribution in [3.8, 4) is 0 Å². The lowest BCUT2D eigenvalue weighted by Crippen LogP contribution is -1.85. The van der Waals surface area contributed by atoms with Crippen molar-refractivity contribution in [3.63, 3.8) is 0 Å². The van der Waals surface area contributed by atoms with Crippen molar-refractivity contribution in [3.05, 3.63) is 72.8 Å². The number of aliphatic hydroxyl groups is 1. The molecule has 0 heterocycles. The Labute approximate surface area is 135 Å². The van der Waals surface area contributed by atoms with E-state index in [0.717, 1.165) is 0 Å². The van der Waals surface area contributed by atoms with E-state index >= 15 is 0 Å². The van der Waals surface area contributed by atoms with Gasteiger partial charge in [-0.2, -0.15) is 0 Å². The number of aliphatic hydroxyl groups excluding tert-OH is 1. The molecule has 1 nitrogen and oxygen atoms in total. The van der Waals surface area contributed by atoms with E-state index in [1.54, 1.807) is 6.92 Å². The molecule has 5 rings (SSSR count). The highest BCUT2D eigenvalue weighted by molar-refractivity contribution is 6.32. The highest BCUT2D eigenvalue weighted by atomic mass is 16.2. The predicted octanol–water partition coefficient (Wildman–Crippen LogP) is 5.74. The molecule has 0 bridgehead atoms. The minimum absolute atomic E-state index is 0.250. The van der Waals surface area contributed by atoms with Gasteiger partial charge in [0.15, 0.2) is 0 Å². The molecule has 112 valence electrons. The number of fused-ring (bicyclic) bond motifs is 2. The molecule has 0 spiro atoms. The van der Waals surface area contributed by atoms with E-state index in [1.807, 2.05) is 0 Å². The monoisotopic (exact) mass is 298 g/mol. The molecule has 0 fully saturated rings. The van der Waals surface area contributed by atoms with E-state index in [1.165, 1.54) is 43.1 Å². The number of benzene rings is 5. The first-order valence-corrected chi connectivity index (χ1v) is 8.00. The van der Waals surface area contributed by atoms with Gasteiger partial charge in [0, 0.05) is 6.61 Å². The fourth-order valence-electron chi connectivity index (χ4n) is 3.58. The third kappa shape index (κ3) is 2.05. The van der Waals surface area contributed by atoms with Gasteiger partial charge in [0.2, 0.25) is 0 Å². The zero-order valence-electron chi connectivity index (χ0n) is 13.1. The largest absolute Gasteiger partial charge is 0.397 e. The Morgan fingerprint density at radius 1 is 0.565 bits per heavy atom.